The number of carbonyl (C=O) groups excluding carboxylic acids is 1. The molecule has 1 fully saturated rings. The Kier molecular flexibility index (Phi) is 8.46. The van der Waals surface area contributed by atoms with Gasteiger partial charge in [-0.1, -0.05) is 18.7 Å². The van der Waals surface area contributed by atoms with Crippen molar-refractivity contribution in [2.75, 3.05) is 56.9 Å². The van der Waals surface area contributed by atoms with Gasteiger partial charge < -0.3 is 29.9 Å². The van der Waals surface area contributed by atoms with Gasteiger partial charge in [0.15, 0.2) is 0 Å². The van der Waals surface area contributed by atoms with E-state index in [2.05, 4.69) is 52.6 Å². The first-order chi connectivity index (χ1) is 19.4. The minimum absolute atomic E-state index is 0.0921. The minimum Gasteiger partial charge on any atom is -0.497 e. The SMILES string of the molecule is C=CC(=O)Nc1cc(NC2=NC(c3cccc(OC)c3)C3SC=CC3=N2)c(OC)cc1N1CCC(N(C)C)CC1. The van der Waals surface area contributed by atoms with Crippen LogP contribution in [-0.4, -0.2) is 75.2 Å². The van der Waals surface area contributed by atoms with Crippen molar-refractivity contribution in [2.45, 2.75) is 30.2 Å². The largest absolute Gasteiger partial charge is 0.497 e. The lowest BCUT2D eigenvalue weighted by Crippen LogP contribution is -2.42. The maximum absolute atomic E-state index is 12.4. The zero-order chi connectivity index (χ0) is 28.2. The topological polar surface area (TPSA) is 90.8 Å². The third-order valence-electron chi connectivity index (χ3n) is 7.52. The van der Waals surface area contributed by atoms with E-state index in [9.17, 15) is 4.79 Å². The zero-order valence-electron chi connectivity index (χ0n) is 23.4. The number of guanidine groups is 1. The number of allylic oxidation sites excluding steroid dienone is 1. The van der Waals surface area contributed by atoms with Crippen molar-refractivity contribution in [1.82, 2.24) is 4.90 Å². The predicted molar refractivity (Wildman–Crippen MR) is 165 cm³/mol. The summed E-state index contributed by atoms with van der Waals surface area (Å²) >= 11 is 1.71. The number of rotatable bonds is 8. The number of thioether (sulfide) groups is 1. The molecule has 0 saturated carbocycles. The van der Waals surface area contributed by atoms with Crippen LogP contribution >= 0.6 is 11.8 Å². The van der Waals surface area contributed by atoms with E-state index in [1.54, 1.807) is 26.0 Å². The number of hydrogen-bond donors (Lipinski definition) is 2. The van der Waals surface area contributed by atoms with Gasteiger partial charge in [0.2, 0.25) is 11.9 Å². The number of nitrogens with one attached hydrogen (secondary N) is 2. The number of benzene rings is 2. The van der Waals surface area contributed by atoms with Crippen molar-refractivity contribution in [2.24, 2.45) is 9.98 Å². The highest BCUT2D eigenvalue weighted by atomic mass is 32.2. The van der Waals surface area contributed by atoms with Crippen molar-refractivity contribution < 1.29 is 14.3 Å². The molecule has 3 aliphatic rings. The van der Waals surface area contributed by atoms with Crippen LogP contribution in [0.3, 0.4) is 0 Å². The lowest BCUT2D eigenvalue weighted by atomic mass is 9.99. The molecule has 1 saturated heterocycles. The minimum atomic E-state index is -0.273. The van der Waals surface area contributed by atoms with Gasteiger partial charge in [0, 0.05) is 25.2 Å². The maximum Gasteiger partial charge on any atom is 0.247 e. The summed E-state index contributed by atoms with van der Waals surface area (Å²) in [6.45, 7) is 5.39. The average Bonchev–Trinajstić information content (AvgIpc) is 3.45. The Morgan fingerprint density at radius 3 is 2.65 bits per heavy atom. The third kappa shape index (κ3) is 5.88. The molecule has 40 heavy (non-hydrogen) atoms. The van der Waals surface area contributed by atoms with Gasteiger partial charge in [-0.15, -0.1) is 11.8 Å². The second kappa shape index (κ2) is 12.2. The van der Waals surface area contributed by atoms with Crippen molar-refractivity contribution in [3.63, 3.8) is 0 Å². The standard InChI is InChI=1S/C30H36N6O3S/c1-6-27(37)31-23-17-24(26(39-5)18-25(23)36-13-10-20(11-14-36)35(2)3)33-30-32-22-12-15-40-29(22)28(34-30)19-8-7-9-21(16-19)38-4/h6-9,12,15-18,20,28-29H,1,10-11,13-14H2,2-5H3,(H,31,37)(H,33,34). The van der Waals surface area contributed by atoms with E-state index in [0.29, 0.717) is 29.1 Å². The highest BCUT2D eigenvalue weighted by molar-refractivity contribution is 8.04. The van der Waals surface area contributed by atoms with Crippen LogP contribution < -0.4 is 25.0 Å². The smallest absolute Gasteiger partial charge is 0.247 e. The van der Waals surface area contributed by atoms with Crippen LogP contribution in [0.5, 0.6) is 11.5 Å². The van der Waals surface area contributed by atoms with Crippen molar-refractivity contribution >= 4 is 46.4 Å². The summed E-state index contributed by atoms with van der Waals surface area (Å²) in [6, 6.07) is 12.3. The fourth-order valence-corrected chi connectivity index (χ4v) is 6.33. The molecule has 0 radical (unpaired) electrons. The highest BCUT2D eigenvalue weighted by Gasteiger charge is 2.34. The third-order valence-corrected chi connectivity index (χ3v) is 8.60. The second-order valence-electron chi connectivity index (χ2n) is 10.1. The van der Waals surface area contributed by atoms with Crippen LogP contribution in [-0.2, 0) is 4.79 Å². The Morgan fingerprint density at radius 1 is 1.15 bits per heavy atom. The number of nitrogens with zero attached hydrogens (tertiary/aromatic N) is 4. The Hall–Kier alpha value is -3.76. The van der Waals surface area contributed by atoms with E-state index in [0.717, 1.165) is 48.6 Å². The normalized spacial score (nSPS) is 20.5. The summed E-state index contributed by atoms with van der Waals surface area (Å²) in [5.74, 6) is 1.63. The highest BCUT2D eigenvalue weighted by Crippen LogP contribution is 2.41. The molecule has 3 heterocycles. The lowest BCUT2D eigenvalue weighted by molar-refractivity contribution is -0.111. The van der Waals surface area contributed by atoms with Crippen LogP contribution in [0.25, 0.3) is 0 Å². The van der Waals surface area contributed by atoms with Gasteiger partial charge in [-0.05, 0) is 68.3 Å². The molecule has 0 spiro atoms. The van der Waals surface area contributed by atoms with Crippen LogP contribution in [0.15, 0.2) is 70.5 Å². The molecule has 5 rings (SSSR count). The van der Waals surface area contributed by atoms with E-state index < -0.39 is 0 Å². The molecule has 1 amide bonds. The maximum atomic E-state index is 12.4. The number of methoxy groups -OCH3 is 2. The first-order valence-corrected chi connectivity index (χ1v) is 14.3. The van der Waals surface area contributed by atoms with Gasteiger partial charge in [-0.2, -0.15) is 0 Å². The summed E-state index contributed by atoms with van der Waals surface area (Å²) < 4.78 is 11.3. The number of amides is 1. The number of anilines is 3. The van der Waals surface area contributed by atoms with Crippen molar-refractivity contribution in [3.05, 3.63) is 66.1 Å². The molecule has 0 aromatic heterocycles. The molecule has 0 bridgehead atoms. The number of fused-ring (bicyclic) bond motifs is 1. The van der Waals surface area contributed by atoms with Crippen molar-refractivity contribution in [1.29, 1.82) is 0 Å². The van der Waals surface area contributed by atoms with Gasteiger partial charge >= 0.3 is 0 Å². The van der Waals surface area contributed by atoms with Crippen LogP contribution in [0.2, 0.25) is 0 Å². The molecule has 2 N–H and O–H groups in total. The fraction of sp³-hybridized carbons (Fsp3) is 0.367. The van der Waals surface area contributed by atoms with Crippen molar-refractivity contribution in [3.8, 4) is 11.5 Å². The summed E-state index contributed by atoms with van der Waals surface area (Å²) in [7, 11) is 7.55. The fourth-order valence-electron chi connectivity index (χ4n) is 5.31. The molecule has 2 atom stereocenters. The summed E-state index contributed by atoms with van der Waals surface area (Å²) in [4.78, 5) is 26.8. The van der Waals surface area contributed by atoms with E-state index in [1.807, 2.05) is 36.4 Å². The Labute approximate surface area is 240 Å². The summed E-state index contributed by atoms with van der Waals surface area (Å²) in [6.07, 6.45) is 5.39. The second-order valence-corrected chi connectivity index (χ2v) is 11.2. The summed E-state index contributed by atoms with van der Waals surface area (Å²) in [5, 5.41) is 8.54. The first kappa shape index (κ1) is 27.8. The van der Waals surface area contributed by atoms with Crippen LogP contribution in [0.1, 0.15) is 24.4 Å². The Balaban J connectivity index is 1.48. The molecule has 2 aromatic carbocycles. The molecule has 3 aliphatic heterocycles. The molecule has 2 unspecified atom stereocenters. The Bertz CT molecular complexity index is 1360. The van der Waals surface area contributed by atoms with Gasteiger partial charge in [0.25, 0.3) is 0 Å². The van der Waals surface area contributed by atoms with E-state index in [4.69, 9.17) is 19.5 Å². The number of ether oxygens (including phenoxy) is 2. The molecular formula is C30H36N6O3S. The van der Waals surface area contributed by atoms with Crippen LogP contribution in [0.4, 0.5) is 17.1 Å². The molecule has 210 valence electrons. The molecule has 2 aromatic rings. The van der Waals surface area contributed by atoms with Gasteiger partial charge in [0.1, 0.15) is 11.5 Å². The predicted octanol–water partition coefficient (Wildman–Crippen LogP) is 4.95. The van der Waals surface area contributed by atoms with E-state index in [1.165, 1.54) is 6.08 Å². The van der Waals surface area contributed by atoms with Gasteiger partial charge in [-0.25, -0.2) is 9.98 Å². The van der Waals surface area contributed by atoms with E-state index >= 15 is 0 Å². The zero-order valence-corrected chi connectivity index (χ0v) is 24.2. The first-order valence-electron chi connectivity index (χ1n) is 13.4. The molecule has 10 heteroatoms. The lowest BCUT2D eigenvalue weighted by Gasteiger charge is -2.37. The number of aliphatic imine (C=N–C) groups is 2. The molecule has 0 aliphatic carbocycles. The van der Waals surface area contributed by atoms with E-state index in [-0.39, 0.29) is 17.2 Å². The monoisotopic (exact) mass is 560 g/mol. The van der Waals surface area contributed by atoms with Gasteiger partial charge in [0.05, 0.1) is 48.3 Å². The molecule has 9 nitrogen and oxygen atoms in total. The Morgan fingerprint density at radius 2 is 1.95 bits per heavy atom. The summed E-state index contributed by atoms with van der Waals surface area (Å²) in [5.41, 5.74) is 4.26. The average molecular weight is 561 g/mol. The van der Waals surface area contributed by atoms with Gasteiger partial charge in [-0.3, -0.25) is 4.79 Å². The number of piperidine rings is 1. The quantitative estimate of drug-likeness (QED) is 0.442. The van der Waals surface area contributed by atoms with Crippen LogP contribution in [0, 0.1) is 0 Å². The number of hydrogen-bond acceptors (Lipinski definition) is 9. The molecular weight excluding hydrogens is 524 g/mol. The number of carbonyl (C=O) groups is 1.